The fraction of sp³-hybridized carbons (Fsp3) is 0.562. The summed E-state index contributed by atoms with van der Waals surface area (Å²) < 4.78 is 16.6. The Labute approximate surface area is 268 Å². The molecule has 0 saturated carbocycles. The van der Waals surface area contributed by atoms with Gasteiger partial charge >= 0.3 is 23.9 Å². The third kappa shape index (κ3) is 14.7. The maximum absolute atomic E-state index is 12.8. The number of carboxylic acids is 2. The van der Waals surface area contributed by atoms with Crippen LogP contribution in [-0.2, 0) is 44.7 Å². The number of hydrogen-bond acceptors (Lipinski definition) is 11. The van der Waals surface area contributed by atoms with Gasteiger partial charge < -0.3 is 24.4 Å². The molecule has 1 unspecified atom stereocenters. The minimum absolute atomic E-state index is 0.0807. The molecule has 1 atom stereocenters. The van der Waals surface area contributed by atoms with E-state index in [0.717, 1.165) is 10.5 Å². The fourth-order valence-corrected chi connectivity index (χ4v) is 4.63. The zero-order chi connectivity index (χ0) is 34.7. The number of nitrogens with zero attached hydrogens (tertiary/aromatic N) is 3. The van der Waals surface area contributed by atoms with E-state index >= 15 is 0 Å². The molecule has 0 fully saturated rings. The molecule has 254 valence electrons. The van der Waals surface area contributed by atoms with E-state index in [1.54, 1.807) is 65.8 Å². The number of carbonyl (C=O) groups is 6. The molecule has 0 spiro atoms. The SMILES string of the molecule is CC(C)(C)OC(=O)CN(CC(=O)O)CC(Cc1ccc(OCCCN2C(=O)C=CC2=O)cc1)N(CC(=O)O)CC(=O)OC(C)(C)C. The molecule has 0 radical (unpaired) electrons. The van der Waals surface area contributed by atoms with Crippen LogP contribution in [0.25, 0.3) is 0 Å². The Hall–Kier alpha value is -4.30. The number of carbonyl (C=O) groups excluding carboxylic acids is 4. The van der Waals surface area contributed by atoms with Gasteiger partial charge in [-0.15, -0.1) is 0 Å². The van der Waals surface area contributed by atoms with Crippen LogP contribution in [0.2, 0.25) is 0 Å². The molecule has 46 heavy (non-hydrogen) atoms. The number of aliphatic carboxylic acids is 2. The molecule has 1 aliphatic heterocycles. The Balaban J connectivity index is 2.24. The first kappa shape index (κ1) is 37.9. The summed E-state index contributed by atoms with van der Waals surface area (Å²) in [6, 6.07) is 6.17. The molecule has 0 aliphatic carbocycles. The number of ether oxygens (including phenoxy) is 3. The van der Waals surface area contributed by atoms with Gasteiger partial charge in [-0.25, -0.2) is 0 Å². The van der Waals surface area contributed by atoms with E-state index in [2.05, 4.69) is 0 Å². The third-order valence-corrected chi connectivity index (χ3v) is 6.30. The largest absolute Gasteiger partial charge is 0.494 e. The van der Waals surface area contributed by atoms with E-state index in [4.69, 9.17) is 14.2 Å². The lowest BCUT2D eigenvalue weighted by Crippen LogP contribution is -2.51. The Morgan fingerprint density at radius 1 is 0.783 bits per heavy atom. The van der Waals surface area contributed by atoms with Crippen LogP contribution in [0.4, 0.5) is 0 Å². The Kier molecular flexibility index (Phi) is 13.9. The highest BCUT2D eigenvalue weighted by Gasteiger charge is 2.30. The molecule has 1 heterocycles. The zero-order valence-corrected chi connectivity index (χ0v) is 27.3. The fourth-order valence-electron chi connectivity index (χ4n) is 4.63. The predicted octanol–water partition coefficient (Wildman–Crippen LogP) is 1.75. The number of hydrogen-bond donors (Lipinski definition) is 2. The molecule has 14 nitrogen and oxygen atoms in total. The number of benzene rings is 1. The smallest absolute Gasteiger partial charge is 0.320 e. The average molecular weight is 648 g/mol. The number of imide groups is 1. The highest BCUT2D eigenvalue weighted by molar-refractivity contribution is 6.12. The van der Waals surface area contributed by atoms with Crippen molar-refractivity contribution in [3.63, 3.8) is 0 Å². The van der Waals surface area contributed by atoms with E-state index in [0.29, 0.717) is 12.2 Å². The second kappa shape index (κ2) is 16.9. The monoisotopic (exact) mass is 647 g/mol. The first-order chi connectivity index (χ1) is 21.3. The van der Waals surface area contributed by atoms with Gasteiger partial charge in [0.1, 0.15) is 17.0 Å². The van der Waals surface area contributed by atoms with Crippen molar-refractivity contribution in [3.8, 4) is 5.75 Å². The molecule has 2 N–H and O–H groups in total. The van der Waals surface area contributed by atoms with Gasteiger partial charge in [-0.05, 0) is 72.1 Å². The number of rotatable bonds is 18. The molecule has 1 aliphatic rings. The average Bonchev–Trinajstić information content (AvgIpc) is 3.20. The van der Waals surface area contributed by atoms with Crippen LogP contribution in [0, 0.1) is 0 Å². The maximum atomic E-state index is 12.8. The van der Waals surface area contributed by atoms with Gasteiger partial charge in [-0.3, -0.25) is 43.5 Å². The van der Waals surface area contributed by atoms with Crippen LogP contribution in [0.15, 0.2) is 36.4 Å². The van der Waals surface area contributed by atoms with Crippen LogP contribution >= 0.6 is 0 Å². The zero-order valence-electron chi connectivity index (χ0n) is 27.3. The summed E-state index contributed by atoms with van der Waals surface area (Å²) in [4.78, 5) is 76.3. The Bertz CT molecular complexity index is 1260. The van der Waals surface area contributed by atoms with Crippen molar-refractivity contribution in [1.82, 2.24) is 14.7 Å². The molecule has 0 aromatic heterocycles. The van der Waals surface area contributed by atoms with E-state index in [1.165, 1.54) is 22.0 Å². The summed E-state index contributed by atoms with van der Waals surface area (Å²) in [6.07, 6.45) is 3.05. The second-order valence-corrected chi connectivity index (χ2v) is 12.9. The van der Waals surface area contributed by atoms with E-state index in [1.807, 2.05) is 0 Å². The molecule has 1 aromatic carbocycles. The van der Waals surface area contributed by atoms with Crippen molar-refractivity contribution in [2.24, 2.45) is 0 Å². The van der Waals surface area contributed by atoms with E-state index < -0.39 is 54.2 Å². The molecule has 0 saturated heterocycles. The number of amides is 2. The molecule has 2 rings (SSSR count). The van der Waals surface area contributed by atoms with Crippen molar-refractivity contribution in [1.29, 1.82) is 0 Å². The van der Waals surface area contributed by atoms with Gasteiger partial charge in [0.05, 0.1) is 32.8 Å². The predicted molar refractivity (Wildman–Crippen MR) is 165 cm³/mol. The van der Waals surface area contributed by atoms with Crippen molar-refractivity contribution in [3.05, 3.63) is 42.0 Å². The van der Waals surface area contributed by atoms with Crippen LogP contribution in [0.3, 0.4) is 0 Å². The van der Waals surface area contributed by atoms with Gasteiger partial charge in [0.15, 0.2) is 0 Å². The molecule has 0 bridgehead atoms. The summed E-state index contributed by atoms with van der Waals surface area (Å²) in [5.41, 5.74) is -0.898. The second-order valence-electron chi connectivity index (χ2n) is 12.9. The summed E-state index contributed by atoms with van der Waals surface area (Å²) in [5.74, 6) is -3.92. The maximum Gasteiger partial charge on any atom is 0.320 e. The third-order valence-electron chi connectivity index (χ3n) is 6.30. The molecule has 2 amide bonds. The Morgan fingerprint density at radius 2 is 1.30 bits per heavy atom. The van der Waals surface area contributed by atoms with E-state index in [-0.39, 0.29) is 51.0 Å². The molecular weight excluding hydrogens is 602 g/mol. The summed E-state index contributed by atoms with van der Waals surface area (Å²) in [6.45, 7) is 8.67. The summed E-state index contributed by atoms with van der Waals surface area (Å²) in [7, 11) is 0. The van der Waals surface area contributed by atoms with Gasteiger partial charge in [0.2, 0.25) is 0 Å². The molecular formula is C32H45N3O11. The van der Waals surface area contributed by atoms with E-state index in [9.17, 15) is 39.0 Å². The van der Waals surface area contributed by atoms with Gasteiger partial charge in [-0.1, -0.05) is 12.1 Å². The van der Waals surface area contributed by atoms with Crippen LogP contribution in [-0.4, -0.2) is 124 Å². The van der Waals surface area contributed by atoms with Crippen molar-refractivity contribution in [2.45, 2.75) is 71.6 Å². The number of carboxylic acid groups (broad SMARTS) is 2. The van der Waals surface area contributed by atoms with Gasteiger partial charge in [-0.2, -0.15) is 0 Å². The first-order valence-electron chi connectivity index (χ1n) is 14.9. The standard InChI is InChI=1S/C32H45N3O11/c1-31(2,3)45-29(42)20-33(18-27(38)39)17-23(34(19-28(40)41)21-30(43)46-32(4,5)6)16-22-8-10-24(11-9-22)44-15-7-14-35-25(36)12-13-26(35)37/h8-13,23H,7,14-21H2,1-6H3,(H,38,39)(H,40,41). The normalized spacial score (nSPS) is 14.1. The minimum atomic E-state index is -1.21. The lowest BCUT2D eigenvalue weighted by atomic mass is 10.0. The quantitative estimate of drug-likeness (QED) is 0.134. The molecule has 14 heteroatoms. The van der Waals surface area contributed by atoms with Crippen molar-refractivity contribution in [2.75, 3.05) is 45.9 Å². The highest BCUT2D eigenvalue weighted by Crippen LogP contribution is 2.18. The first-order valence-corrected chi connectivity index (χ1v) is 14.9. The van der Waals surface area contributed by atoms with Gasteiger partial charge in [0.25, 0.3) is 11.8 Å². The van der Waals surface area contributed by atoms with Crippen LogP contribution < -0.4 is 4.74 Å². The van der Waals surface area contributed by atoms with Crippen molar-refractivity contribution < 1.29 is 53.2 Å². The van der Waals surface area contributed by atoms with Gasteiger partial charge in [0, 0.05) is 31.3 Å². The summed E-state index contributed by atoms with van der Waals surface area (Å²) >= 11 is 0. The van der Waals surface area contributed by atoms with Crippen LogP contribution in [0.1, 0.15) is 53.5 Å². The van der Waals surface area contributed by atoms with Crippen molar-refractivity contribution >= 4 is 35.7 Å². The molecule has 1 aromatic rings. The Morgan fingerprint density at radius 3 is 1.80 bits per heavy atom. The highest BCUT2D eigenvalue weighted by atomic mass is 16.6. The van der Waals surface area contributed by atoms with Crippen LogP contribution in [0.5, 0.6) is 5.75 Å². The topological polar surface area (TPSA) is 180 Å². The lowest BCUT2D eigenvalue weighted by molar-refractivity contribution is -0.160. The number of esters is 2. The summed E-state index contributed by atoms with van der Waals surface area (Å²) in [5, 5.41) is 19.3. The minimum Gasteiger partial charge on any atom is -0.494 e. The lowest BCUT2D eigenvalue weighted by Gasteiger charge is -2.34.